The van der Waals surface area contributed by atoms with Gasteiger partial charge in [0.25, 0.3) is 0 Å². The average molecular weight is 280 g/mol. The summed E-state index contributed by atoms with van der Waals surface area (Å²) in [6, 6.07) is 17.6. The Labute approximate surface area is 122 Å². The van der Waals surface area contributed by atoms with Crippen molar-refractivity contribution >= 4 is 16.9 Å². The van der Waals surface area contributed by atoms with Gasteiger partial charge in [0.15, 0.2) is 0 Å². The van der Waals surface area contributed by atoms with Crippen LogP contribution in [0.15, 0.2) is 54.6 Å². The van der Waals surface area contributed by atoms with Crippen LogP contribution in [0.2, 0.25) is 0 Å². The van der Waals surface area contributed by atoms with Crippen molar-refractivity contribution in [3.05, 3.63) is 60.2 Å². The van der Waals surface area contributed by atoms with Crippen LogP contribution in [0, 0.1) is 0 Å². The van der Waals surface area contributed by atoms with Crippen LogP contribution >= 0.6 is 0 Å². The minimum absolute atomic E-state index is 0.0124. The number of aromatic nitrogens is 3. The molecule has 0 radical (unpaired) electrons. The second-order valence-electron chi connectivity index (χ2n) is 4.81. The fourth-order valence-electron chi connectivity index (χ4n) is 2.17. The van der Waals surface area contributed by atoms with Gasteiger partial charge in [-0.15, -0.1) is 5.10 Å². The number of rotatable bonds is 5. The van der Waals surface area contributed by atoms with Crippen molar-refractivity contribution in [3.8, 4) is 0 Å². The molecule has 5 nitrogen and oxygen atoms in total. The van der Waals surface area contributed by atoms with Crippen molar-refractivity contribution < 1.29 is 4.79 Å². The fraction of sp³-hybridized carbons (Fsp3) is 0.188. The first-order valence-corrected chi connectivity index (χ1v) is 6.92. The number of fused-ring (bicyclic) bond motifs is 1. The van der Waals surface area contributed by atoms with Crippen molar-refractivity contribution in [2.75, 3.05) is 0 Å². The third kappa shape index (κ3) is 3.25. The third-order valence-electron chi connectivity index (χ3n) is 3.30. The molecular weight excluding hydrogens is 264 g/mol. The number of para-hydroxylation sites is 1. The first-order valence-electron chi connectivity index (χ1n) is 6.92. The van der Waals surface area contributed by atoms with Crippen molar-refractivity contribution in [2.45, 2.75) is 19.5 Å². The number of hydrogen-bond donors (Lipinski definition) is 1. The zero-order chi connectivity index (χ0) is 14.5. The van der Waals surface area contributed by atoms with Gasteiger partial charge in [-0.1, -0.05) is 47.7 Å². The van der Waals surface area contributed by atoms with Crippen molar-refractivity contribution in [2.24, 2.45) is 0 Å². The van der Waals surface area contributed by atoms with Crippen LogP contribution in [-0.2, 0) is 17.9 Å². The zero-order valence-corrected chi connectivity index (χ0v) is 11.6. The minimum atomic E-state index is 0.0124. The predicted octanol–water partition coefficient (Wildman–Crippen LogP) is 2.14. The molecule has 0 fully saturated rings. The summed E-state index contributed by atoms with van der Waals surface area (Å²) in [4.78, 5) is 11.9. The molecule has 0 unspecified atom stereocenters. The highest BCUT2D eigenvalue weighted by Gasteiger charge is 2.06. The molecule has 21 heavy (non-hydrogen) atoms. The van der Waals surface area contributed by atoms with Crippen LogP contribution in [0.4, 0.5) is 0 Å². The quantitative estimate of drug-likeness (QED) is 0.779. The Balaban J connectivity index is 1.54. The third-order valence-corrected chi connectivity index (χ3v) is 3.30. The Kier molecular flexibility index (Phi) is 3.91. The van der Waals surface area contributed by atoms with Crippen molar-refractivity contribution in [1.29, 1.82) is 0 Å². The van der Waals surface area contributed by atoms with E-state index < -0.39 is 0 Å². The number of benzene rings is 2. The lowest BCUT2D eigenvalue weighted by molar-refractivity contribution is -0.121. The van der Waals surface area contributed by atoms with Gasteiger partial charge in [-0.2, -0.15) is 0 Å². The standard InChI is InChI=1S/C16H16N4O/c21-16(17-12-13-6-2-1-3-7-13)10-11-20-15-9-5-4-8-14(15)18-19-20/h1-9H,10-12H2,(H,17,21). The summed E-state index contributed by atoms with van der Waals surface area (Å²) in [5.74, 6) is 0.0124. The predicted molar refractivity (Wildman–Crippen MR) is 80.4 cm³/mol. The highest BCUT2D eigenvalue weighted by atomic mass is 16.1. The van der Waals surface area contributed by atoms with Gasteiger partial charge >= 0.3 is 0 Å². The van der Waals surface area contributed by atoms with Gasteiger partial charge in [-0.3, -0.25) is 4.79 Å². The zero-order valence-electron chi connectivity index (χ0n) is 11.6. The molecule has 1 N–H and O–H groups in total. The molecule has 3 aromatic rings. The summed E-state index contributed by atoms with van der Waals surface area (Å²) in [5, 5.41) is 11.1. The summed E-state index contributed by atoms with van der Waals surface area (Å²) >= 11 is 0. The van der Waals surface area contributed by atoms with E-state index in [1.54, 1.807) is 4.68 Å². The summed E-state index contributed by atoms with van der Waals surface area (Å²) in [7, 11) is 0. The van der Waals surface area contributed by atoms with E-state index in [1.165, 1.54) is 0 Å². The molecule has 106 valence electrons. The fourth-order valence-corrected chi connectivity index (χ4v) is 2.17. The molecule has 0 spiro atoms. The Morgan fingerprint density at radius 2 is 1.81 bits per heavy atom. The van der Waals surface area contributed by atoms with E-state index in [4.69, 9.17) is 0 Å². The Hall–Kier alpha value is -2.69. The minimum Gasteiger partial charge on any atom is -0.352 e. The Morgan fingerprint density at radius 1 is 1.05 bits per heavy atom. The molecule has 1 heterocycles. The van der Waals surface area contributed by atoms with Crippen LogP contribution in [-0.4, -0.2) is 20.9 Å². The van der Waals surface area contributed by atoms with E-state index in [0.29, 0.717) is 19.5 Å². The second kappa shape index (κ2) is 6.17. The number of carbonyl (C=O) groups excluding carboxylic acids is 1. The highest BCUT2D eigenvalue weighted by molar-refractivity contribution is 5.77. The molecule has 1 aromatic heterocycles. The number of nitrogens with one attached hydrogen (secondary N) is 1. The number of nitrogens with zero attached hydrogens (tertiary/aromatic N) is 3. The van der Waals surface area contributed by atoms with Crippen molar-refractivity contribution in [3.63, 3.8) is 0 Å². The van der Waals surface area contributed by atoms with Crippen molar-refractivity contribution in [1.82, 2.24) is 20.3 Å². The SMILES string of the molecule is O=C(CCn1nnc2ccccc21)NCc1ccccc1. The first-order chi connectivity index (χ1) is 10.3. The van der Waals surface area contributed by atoms with E-state index in [0.717, 1.165) is 16.6 Å². The molecule has 0 aliphatic carbocycles. The van der Waals surface area contributed by atoms with Gasteiger partial charge in [0.05, 0.1) is 12.1 Å². The van der Waals surface area contributed by atoms with Crippen LogP contribution in [0.25, 0.3) is 11.0 Å². The largest absolute Gasteiger partial charge is 0.352 e. The van der Waals surface area contributed by atoms with Crippen LogP contribution < -0.4 is 5.32 Å². The highest BCUT2D eigenvalue weighted by Crippen LogP contribution is 2.09. The molecule has 0 atom stereocenters. The Bertz CT molecular complexity index is 736. The second-order valence-corrected chi connectivity index (χ2v) is 4.81. The van der Waals surface area contributed by atoms with Gasteiger partial charge < -0.3 is 5.32 Å². The lowest BCUT2D eigenvalue weighted by Gasteiger charge is -2.05. The summed E-state index contributed by atoms with van der Waals surface area (Å²) in [6.45, 7) is 1.08. The average Bonchev–Trinajstić information content (AvgIpc) is 2.95. The number of carbonyl (C=O) groups is 1. The molecule has 0 aliphatic heterocycles. The Morgan fingerprint density at radius 3 is 2.67 bits per heavy atom. The number of amides is 1. The maximum atomic E-state index is 11.9. The van der Waals surface area contributed by atoms with Crippen LogP contribution in [0.3, 0.4) is 0 Å². The monoisotopic (exact) mass is 280 g/mol. The summed E-state index contributed by atoms with van der Waals surface area (Å²) < 4.78 is 1.76. The maximum Gasteiger partial charge on any atom is 0.222 e. The van der Waals surface area contributed by atoms with Crippen LogP contribution in [0.5, 0.6) is 0 Å². The smallest absolute Gasteiger partial charge is 0.222 e. The van der Waals surface area contributed by atoms with Gasteiger partial charge in [0.2, 0.25) is 5.91 Å². The topological polar surface area (TPSA) is 59.8 Å². The molecule has 0 saturated heterocycles. The molecule has 5 heteroatoms. The normalized spacial score (nSPS) is 10.7. The molecule has 0 bridgehead atoms. The maximum absolute atomic E-state index is 11.9. The van der Waals surface area contributed by atoms with E-state index in [2.05, 4.69) is 15.6 Å². The lowest BCUT2D eigenvalue weighted by Crippen LogP contribution is -2.24. The lowest BCUT2D eigenvalue weighted by atomic mass is 10.2. The van der Waals surface area contributed by atoms with Gasteiger partial charge in [0, 0.05) is 13.0 Å². The van der Waals surface area contributed by atoms with Gasteiger partial charge in [-0.25, -0.2) is 4.68 Å². The molecule has 2 aromatic carbocycles. The van der Waals surface area contributed by atoms with Crippen LogP contribution in [0.1, 0.15) is 12.0 Å². The number of aryl methyl sites for hydroxylation is 1. The van der Waals surface area contributed by atoms with Gasteiger partial charge in [0.1, 0.15) is 5.52 Å². The van der Waals surface area contributed by atoms with Gasteiger partial charge in [-0.05, 0) is 17.7 Å². The molecule has 1 amide bonds. The summed E-state index contributed by atoms with van der Waals surface area (Å²) in [6.07, 6.45) is 0.389. The first kappa shape index (κ1) is 13.3. The number of hydrogen-bond acceptors (Lipinski definition) is 3. The molecule has 0 saturated carbocycles. The summed E-state index contributed by atoms with van der Waals surface area (Å²) in [5.41, 5.74) is 2.90. The van der Waals surface area contributed by atoms with E-state index >= 15 is 0 Å². The molecular formula is C16H16N4O. The van der Waals surface area contributed by atoms with E-state index in [9.17, 15) is 4.79 Å². The molecule has 0 aliphatic rings. The van der Waals surface area contributed by atoms with E-state index in [-0.39, 0.29) is 5.91 Å². The molecule has 3 rings (SSSR count). The van der Waals surface area contributed by atoms with E-state index in [1.807, 2.05) is 54.6 Å².